The van der Waals surface area contributed by atoms with E-state index in [9.17, 15) is 4.79 Å². The number of carbonyl (C=O) groups excluding carboxylic acids is 1. The van der Waals surface area contributed by atoms with Gasteiger partial charge in [-0.25, -0.2) is 4.79 Å². The maximum Gasteiger partial charge on any atom is 0.514 e. The lowest BCUT2D eigenvalue weighted by molar-refractivity contribution is 0.0206. The lowest BCUT2D eigenvalue weighted by atomic mass is 10.2. The molecular formula is C23H24N2O3. The van der Waals surface area contributed by atoms with E-state index in [4.69, 9.17) is 15.2 Å². The molecule has 0 atom stereocenters. The summed E-state index contributed by atoms with van der Waals surface area (Å²) in [7, 11) is 0. The highest BCUT2D eigenvalue weighted by atomic mass is 16.7. The van der Waals surface area contributed by atoms with Crippen molar-refractivity contribution in [1.29, 1.82) is 0 Å². The second-order valence-electron chi connectivity index (χ2n) is 7.32. The van der Waals surface area contributed by atoms with Gasteiger partial charge in [-0.05, 0) is 81.4 Å². The average Bonchev–Trinajstić information content (AvgIpc) is 2.64. The molecule has 0 aliphatic carbocycles. The van der Waals surface area contributed by atoms with Gasteiger partial charge in [0.05, 0.1) is 0 Å². The van der Waals surface area contributed by atoms with Gasteiger partial charge in [-0.1, -0.05) is 18.2 Å². The molecule has 0 saturated carbocycles. The summed E-state index contributed by atoms with van der Waals surface area (Å²) in [6.45, 7) is 5.38. The van der Waals surface area contributed by atoms with Gasteiger partial charge >= 0.3 is 6.16 Å². The highest BCUT2D eigenvalue weighted by molar-refractivity contribution is 5.77. The van der Waals surface area contributed by atoms with E-state index in [0.29, 0.717) is 11.4 Å². The predicted octanol–water partition coefficient (Wildman–Crippen LogP) is 6.05. The topological polar surface area (TPSA) is 64.8 Å². The molecule has 0 aromatic heterocycles. The first-order valence-corrected chi connectivity index (χ1v) is 9.03. The Morgan fingerprint density at radius 2 is 1.29 bits per heavy atom. The number of anilines is 4. The number of carbonyl (C=O) groups is 1. The number of para-hydroxylation sites is 1. The van der Waals surface area contributed by atoms with E-state index in [0.717, 1.165) is 17.1 Å². The summed E-state index contributed by atoms with van der Waals surface area (Å²) in [6, 6.07) is 24.9. The summed E-state index contributed by atoms with van der Waals surface area (Å²) in [4.78, 5) is 13.9. The predicted molar refractivity (Wildman–Crippen MR) is 112 cm³/mol. The molecular weight excluding hydrogens is 352 g/mol. The molecule has 0 unspecified atom stereocenters. The SMILES string of the molecule is CC(C)(C)OC(=O)Oc1ccc(N(c2ccccc2)c2ccc(N)cc2)cc1. The van der Waals surface area contributed by atoms with Crippen LogP contribution in [-0.4, -0.2) is 11.8 Å². The fourth-order valence-corrected chi connectivity index (χ4v) is 2.68. The fraction of sp³-hybridized carbons (Fsp3) is 0.174. The normalized spacial score (nSPS) is 11.0. The molecule has 0 fully saturated rings. The lowest BCUT2D eigenvalue weighted by Gasteiger charge is -2.25. The molecule has 0 spiro atoms. The smallest absolute Gasteiger partial charge is 0.428 e. The molecule has 0 aliphatic rings. The van der Waals surface area contributed by atoms with Gasteiger partial charge in [-0.15, -0.1) is 0 Å². The van der Waals surface area contributed by atoms with Gasteiger partial charge in [0.1, 0.15) is 11.4 Å². The Bertz CT molecular complexity index is 915. The second-order valence-corrected chi connectivity index (χ2v) is 7.32. The van der Waals surface area contributed by atoms with Crippen LogP contribution in [0.15, 0.2) is 78.9 Å². The Morgan fingerprint density at radius 1 is 0.786 bits per heavy atom. The van der Waals surface area contributed by atoms with Crippen molar-refractivity contribution in [3.05, 3.63) is 78.9 Å². The van der Waals surface area contributed by atoms with Crippen molar-refractivity contribution in [2.75, 3.05) is 10.6 Å². The van der Waals surface area contributed by atoms with E-state index in [1.807, 2.05) is 66.7 Å². The number of ether oxygens (including phenoxy) is 2. The zero-order valence-corrected chi connectivity index (χ0v) is 16.3. The Labute approximate surface area is 165 Å². The molecule has 3 aromatic rings. The van der Waals surface area contributed by atoms with Crippen LogP contribution in [0.1, 0.15) is 20.8 Å². The van der Waals surface area contributed by atoms with E-state index in [-0.39, 0.29) is 0 Å². The molecule has 144 valence electrons. The molecule has 2 N–H and O–H groups in total. The van der Waals surface area contributed by atoms with Crippen LogP contribution in [0.2, 0.25) is 0 Å². The Morgan fingerprint density at radius 3 is 1.82 bits per heavy atom. The van der Waals surface area contributed by atoms with E-state index < -0.39 is 11.8 Å². The van der Waals surface area contributed by atoms with Crippen LogP contribution in [0.5, 0.6) is 5.75 Å². The number of nitrogens with zero attached hydrogens (tertiary/aromatic N) is 1. The van der Waals surface area contributed by atoms with Crippen molar-refractivity contribution in [3.63, 3.8) is 0 Å². The highest BCUT2D eigenvalue weighted by Gasteiger charge is 2.18. The quantitative estimate of drug-likeness (QED) is 0.341. The van der Waals surface area contributed by atoms with E-state index >= 15 is 0 Å². The summed E-state index contributed by atoms with van der Waals surface area (Å²) in [6.07, 6.45) is -0.723. The van der Waals surface area contributed by atoms with Gasteiger partial charge in [0, 0.05) is 22.7 Å². The summed E-state index contributed by atoms with van der Waals surface area (Å²) < 4.78 is 10.4. The number of nitrogen functional groups attached to an aromatic ring is 1. The van der Waals surface area contributed by atoms with Gasteiger partial charge in [0.15, 0.2) is 0 Å². The maximum absolute atomic E-state index is 11.9. The summed E-state index contributed by atoms with van der Waals surface area (Å²) in [5.74, 6) is 0.420. The van der Waals surface area contributed by atoms with Gasteiger partial charge in [-0.3, -0.25) is 0 Å². The maximum atomic E-state index is 11.9. The van der Waals surface area contributed by atoms with Crippen molar-refractivity contribution in [3.8, 4) is 5.75 Å². The van der Waals surface area contributed by atoms with Gasteiger partial charge in [0.2, 0.25) is 0 Å². The number of nitrogens with two attached hydrogens (primary N) is 1. The first-order valence-electron chi connectivity index (χ1n) is 9.03. The average molecular weight is 376 g/mol. The highest BCUT2D eigenvalue weighted by Crippen LogP contribution is 2.35. The fourth-order valence-electron chi connectivity index (χ4n) is 2.68. The molecule has 0 saturated heterocycles. The summed E-state index contributed by atoms with van der Waals surface area (Å²) in [5.41, 5.74) is 8.85. The van der Waals surface area contributed by atoms with Crippen LogP contribution in [0.25, 0.3) is 0 Å². The third-order valence-corrected chi connectivity index (χ3v) is 3.85. The van der Waals surface area contributed by atoms with Crippen LogP contribution in [0.3, 0.4) is 0 Å². The molecule has 0 bridgehead atoms. The van der Waals surface area contributed by atoms with Gasteiger partial charge in [-0.2, -0.15) is 0 Å². The summed E-state index contributed by atoms with van der Waals surface area (Å²) >= 11 is 0. The monoisotopic (exact) mass is 376 g/mol. The van der Waals surface area contributed by atoms with Crippen molar-refractivity contribution in [2.45, 2.75) is 26.4 Å². The zero-order valence-electron chi connectivity index (χ0n) is 16.3. The van der Waals surface area contributed by atoms with Gasteiger partial charge in [0.25, 0.3) is 0 Å². The first-order chi connectivity index (χ1) is 13.3. The largest absolute Gasteiger partial charge is 0.514 e. The minimum absolute atomic E-state index is 0.420. The van der Waals surface area contributed by atoms with Crippen LogP contribution in [-0.2, 0) is 4.74 Å². The van der Waals surface area contributed by atoms with Crippen molar-refractivity contribution in [1.82, 2.24) is 0 Å². The summed E-state index contributed by atoms with van der Waals surface area (Å²) in [5, 5.41) is 0. The Hall–Kier alpha value is -3.47. The molecule has 5 heteroatoms. The van der Waals surface area contributed by atoms with Gasteiger partial charge < -0.3 is 20.1 Å². The molecule has 0 amide bonds. The molecule has 0 radical (unpaired) electrons. The van der Waals surface area contributed by atoms with Crippen molar-refractivity contribution >= 4 is 28.9 Å². The molecule has 28 heavy (non-hydrogen) atoms. The molecule has 5 nitrogen and oxygen atoms in total. The number of benzene rings is 3. The molecule has 3 aromatic carbocycles. The van der Waals surface area contributed by atoms with Crippen molar-refractivity contribution < 1.29 is 14.3 Å². The second kappa shape index (κ2) is 8.05. The molecule has 0 heterocycles. The lowest BCUT2D eigenvalue weighted by Crippen LogP contribution is -2.25. The van der Waals surface area contributed by atoms with Crippen LogP contribution in [0.4, 0.5) is 27.5 Å². The minimum atomic E-state index is -0.723. The van der Waals surface area contributed by atoms with E-state index in [1.54, 1.807) is 32.9 Å². The number of rotatable bonds is 4. The van der Waals surface area contributed by atoms with Crippen LogP contribution in [0, 0.1) is 0 Å². The minimum Gasteiger partial charge on any atom is -0.428 e. The zero-order chi connectivity index (χ0) is 20.1. The van der Waals surface area contributed by atoms with Crippen LogP contribution < -0.4 is 15.4 Å². The number of hydrogen-bond acceptors (Lipinski definition) is 5. The standard InChI is InChI=1S/C23H24N2O3/c1-23(2,3)28-22(26)27-21-15-13-20(14-16-21)25(18-7-5-4-6-8-18)19-11-9-17(24)10-12-19/h4-16H,24H2,1-3H3. The number of hydrogen-bond donors (Lipinski definition) is 1. The third-order valence-electron chi connectivity index (χ3n) is 3.85. The van der Waals surface area contributed by atoms with E-state index in [2.05, 4.69) is 4.90 Å². The molecule has 0 aliphatic heterocycles. The molecule has 3 rings (SSSR count). The Balaban J connectivity index is 1.87. The first kappa shape index (κ1) is 19.3. The Kier molecular flexibility index (Phi) is 5.54. The van der Waals surface area contributed by atoms with Crippen LogP contribution >= 0.6 is 0 Å². The third kappa shape index (κ3) is 5.04. The van der Waals surface area contributed by atoms with Crippen molar-refractivity contribution in [2.24, 2.45) is 0 Å². The van der Waals surface area contributed by atoms with E-state index in [1.165, 1.54) is 0 Å².